The number of H-pyrrole nitrogens is 2. The number of amides is 1. The molecule has 0 aromatic carbocycles. The summed E-state index contributed by atoms with van der Waals surface area (Å²) in [6, 6.07) is 1.55. The molecule has 1 amide bonds. The number of piperidine rings is 1. The lowest BCUT2D eigenvalue weighted by Gasteiger charge is -2.30. The molecule has 0 radical (unpaired) electrons. The number of carbonyl (C=O) groups is 1. The van der Waals surface area contributed by atoms with Crippen molar-refractivity contribution in [3.05, 3.63) is 27.8 Å². The molecule has 0 saturated carbocycles. The molecule has 1 aliphatic rings. The van der Waals surface area contributed by atoms with Gasteiger partial charge in [0.2, 0.25) is 0 Å². The van der Waals surface area contributed by atoms with Crippen LogP contribution in [-0.4, -0.2) is 49.5 Å². The van der Waals surface area contributed by atoms with Crippen LogP contribution in [0.4, 0.5) is 0 Å². The Balaban J connectivity index is 1.75. The minimum atomic E-state index is -0.119. The minimum Gasteiger partial charge on any atom is -0.340 e. The molecule has 2 aromatic rings. The van der Waals surface area contributed by atoms with Gasteiger partial charge in [-0.15, -0.1) is 10.2 Å². The van der Waals surface area contributed by atoms with E-state index in [1.54, 1.807) is 11.0 Å². The number of nitrogens with zero attached hydrogens (tertiary/aromatic N) is 4. The SMILES string of the molecule is O=C(c1cc(Cl)c(Cl)[nH]1)N1CCCC(c2nn[nH]n2)C1. The van der Waals surface area contributed by atoms with Gasteiger partial charge in [-0.25, -0.2) is 0 Å². The number of likely N-dealkylation sites (tertiary alicyclic amines) is 1. The highest BCUT2D eigenvalue weighted by Crippen LogP contribution is 2.27. The summed E-state index contributed by atoms with van der Waals surface area (Å²) in [7, 11) is 0. The van der Waals surface area contributed by atoms with Gasteiger partial charge < -0.3 is 9.88 Å². The van der Waals surface area contributed by atoms with Crippen molar-refractivity contribution >= 4 is 29.1 Å². The van der Waals surface area contributed by atoms with Gasteiger partial charge in [-0.2, -0.15) is 5.21 Å². The summed E-state index contributed by atoms with van der Waals surface area (Å²) in [6.45, 7) is 1.26. The van der Waals surface area contributed by atoms with Crippen LogP contribution in [0.3, 0.4) is 0 Å². The first-order valence-corrected chi connectivity index (χ1v) is 6.97. The van der Waals surface area contributed by atoms with Gasteiger partial charge in [-0.1, -0.05) is 28.4 Å². The topological polar surface area (TPSA) is 90.6 Å². The van der Waals surface area contributed by atoms with Crippen LogP contribution in [0.15, 0.2) is 6.07 Å². The number of nitrogens with one attached hydrogen (secondary N) is 2. The number of tetrazole rings is 1. The van der Waals surface area contributed by atoms with Gasteiger partial charge in [0.25, 0.3) is 5.91 Å². The third-order valence-electron chi connectivity index (χ3n) is 3.39. The molecule has 106 valence electrons. The first-order valence-electron chi connectivity index (χ1n) is 6.22. The van der Waals surface area contributed by atoms with E-state index in [1.807, 2.05) is 0 Å². The zero-order valence-corrected chi connectivity index (χ0v) is 11.9. The maximum absolute atomic E-state index is 12.4. The van der Waals surface area contributed by atoms with Crippen molar-refractivity contribution in [2.45, 2.75) is 18.8 Å². The molecule has 2 aromatic heterocycles. The van der Waals surface area contributed by atoms with Crippen LogP contribution in [-0.2, 0) is 0 Å². The fraction of sp³-hybridized carbons (Fsp3) is 0.455. The van der Waals surface area contributed by atoms with Gasteiger partial charge in [0.1, 0.15) is 10.8 Å². The smallest absolute Gasteiger partial charge is 0.270 e. The maximum Gasteiger partial charge on any atom is 0.270 e. The lowest BCUT2D eigenvalue weighted by molar-refractivity contribution is 0.0699. The summed E-state index contributed by atoms with van der Waals surface area (Å²) in [5.74, 6) is 0.629. The van der Waals surface area contributed by atoms with E-state index in [1.165, 1.54) is 0 Å². The van der Waals surface area contributed by atoms with E-state index in [4.69, 9.17) is 23.2 Å². The zero-order chi connectivity index (χ0) is 14.1. The largest absolute Gasteiger partial charge is 0.340 e. The van der Waals surface area contributed by atoms with Crippen molar-refractivity contribution in [2.24, 2.45) is 0 Å². The van der Waals surface area contributed by atoms with Crippen LogP contribution >= 0.6 is 23.2 Å². The molecule has 0 spiro atoms. The lowest BCUT2D eigenvalue weighted by atomic mass is 9.97. The van der Waals surface area contributed by atoms with E-state index < -0.39 is 0 Å². The van der Waals surface area contributed by atoms with Crippen LogP contribution < -0.4 is 0 Å². The minimum absolute atomic E-state index is 0.104. The summed E-state index contributed by atoms with van der Waals surface area (Å²) in [5.41, 5.74) is 0.397. The van der Waals surface area contributed by atoms with Crippen molar-refractivity contribution in [1.82, 2.24) is 30.5 Å². The molecule has 0 aliphatic carbocycles. The standard InChI is InChI=1S/C11H12Cl2N6O/c12-7-4-8(14-9(7)13)11(20)19-3-1-2-6(5-19)10-15-17-18-16-10/h4,6,14H,1-3,5H2,(H,15,16,17,18). The first kappa shape index (κ1) is 13.4. The Morgan fingerprint density at radius 3 is 2.95 bits per heavy atom. The summed E-state index contributed by atoms with van der Waals surface area (Å²) >= 11 is 11.7. The van der Waals surface area contributed by atoms with E-state index in [9.17, 15) is 4.79 Å². The Morgan fingerprint density at radius 2 is 2.30 bits per heavy atom. The van der Waals surface area contributed by atoms with Gasteiger partial charge in [-0.05, 0) is 18.9 Å². The number of aromatic nitrogens is 5. The van der Waals surface area contributed by atoms with Crippen LogP contribution in [0.1, 0.15) is 35.1 Å². The third kappa shape index (κ3) is 2.51. The first-order chi connectivity index (χ1) is 9.65. The highest BCUT2D eigenvalue weighted by Gasteiger charge is 2.28. The van der Waals surface area contributed by atoms with Crippen LogP contribution in [0.5, 0.6) is 0 Å². The summed E-state index contributed by atoms with van der Waals surface area (Å²) in [6.07, 6.45) is 1.84. The van der Waals surface area contributed by atoms with Crippen molar-refractivity contribution in [3.8, 4) is 0 Å². The Hall–Kier alpha value is -1.60. The predicted octanol–water partition coefficient (Wildman–Crippen LogP) is 1.85. The second-order valence-corrected chi connectivity index (χ2v) is 5.49. The molecular weight excluding hydrogens is 303 g/mol. The molecule has 2 N–H and O–H groups in total. The number of hydrogen-bond acceptors (Lipinski definition) is 4. The molecular formula is C11H12Cl2N6O. The number of carbonyl (C=O) groups excluding carboxylic acids is 1. The van der Waals surface area contributed by atoms with E-state index in [-0.39, 0.29) is 17.0 Å². The quantitative estimate of drug-likeness (QED) is 0.885. The van der Waals surface area contributed by atoms with E-state index >= 15 is 0 Å². The van der Waals surface area contributed by atoms with Gasteiger partial charge in [0.15, 0.2) is 5.82 Å². The molecule has 7 nitrogen and oxygen atoms in total. The van der Waals surface area contributed by atoms with Gasteiger partial charge in [-0.3, -0.25) is 4.79 Å². The van der Waals surface area contributed by atoms with Crippen molar-refractivity contribution in [1.29, 1.82) is 0 Å². The Labute approximate surface area is 124 Å². The maximum atomic E-state index is 12.4. The highest BCUT2D eigenvalue weighted by atomic mass is 35.5. The Morgan fingerprint density at radius 1 is 1.45 bits per heavy atom. The monoisotopic (exact) mass is 314 g/mol. The van der Waals surface area contributed by atoms with Gasteiger partial charge in [0, 0.05) is 19.0 Å². The van der Waals surface area contributed by atoms with Crippen molar-refractivity contribution < 1.29 is 4.79 Å². The summed E-state index contributed by atoms with van der Waals surface area (Å²) in [4.78, 5) is 16.9. The molecule has 1 fully saturated rings. The average molecular weight is 315 g/mol. The van der Waals surface area contributed by atoms with Gasteiger partial charge in [0.05, 0.1) is 5.02 Å². The van der Waals surface area contributed by atoms with Crippen molar-refractivity contribution in [3.63, 3.8) is 0 Å². The normalized spacial score (nSPS) is 19.3. The van der Waals surface area contributed by atoms with Crippen molar-refractivity contribution in [2.75, 3.05) is 13.1 Å². The second-order valence-electron chi connectivity index (χ2n) is 4.71. The second kappa shape index (κ2) is 5.41. The fourth-order valence-corrected chi connectivity index (χ4v) is 2.72. The molecule has 3 heterocycles. The zero-order valence-electron chi connectivity index (χ0n) is 10.4. The Bertz CT molecular complexity index is 591. The summed E-state index contributed by atoms with van der Waals surface area (Å²) in [5, 5.41) is 14.6. The number of aromatic amines is 2. The molecule has 9 heteroatoms. The molecule has 20 heavy (non-hydrogen) atoms. The number of rotatable bonds is 2. The molecule has 1 aliphatic heterocycles. The van der Waals surface area contributed by atoms with Crippen LogP contribution in [0.25, 0.3) is 0 Å². The van der Waals surface area contributed by atoms with E-state index in [2.05, 4.69) is 25.6 Å². The third-order valence-corrected chi connectivity index (χ3v) is 4.08. The number of hydrogen-bond donors (Lipinski definition) is 2. The van der Waals surface area contributed by atoms with Crippen LogP contribution in [0, 0.1) is 0 Å². The van der Waals surface area contributed by atoms with E-state index in [0.717, 1.165) is 12.8 Å². The fourth-order valence-electron chi connectivity index (χ4n) is 2.40. The summed E-state index contributed by atoms with van der Waals surface area (Å²) < 4.78 is 0. The number of halogens is 2. The molecule has 0 bridgehead atoms. The molecule has 1 unspecified atom stereocenters. The lowest BCUT2D eigenvalue weighted by Crippen LogP contribution is -2.39. The highest BCUT2D eigenvalue weighted by molar-refractivity contribution is 6.41. The van der Waals surface area contributed by atoms with Crippen LogP contribution in [0.2, 0.25) is 10.2 Å². The molecule has 1 saturated heterocycles. The van der Waals surface area contributed by atoms with Gasteiger partial charge >= 0.3 is 0 Å². The average Bonchev–Trinajstić information content (AvgIpc) is 3.09. The molecule has 1 atom stereocenters. The Kier molecular flexibility index (Phi) is 3.62. The predicted molar refractivity (Wildman–Crippen MR) is 72.9 cm³/mol. The van der Waals surface area contributed by atoms with E-state index in [0.29, 0.717) is 29.6 Å². The molecule has 3 rings (SSSR count).